The molecule has 1 aromatic carbocycles. The maximum atomic E-state index is 12.8. The Morgan fingerprint density at radius 1 is 1.28 bits per heavy atom. The number of pyridine rings is 1. The van der Waals surface area contributed by atoms with Crippen molar-refractivity contribution in [3.8, 4) is 5.75 Å². The van der Waals surface area contributed by atoms with Gasteiger partial charge < -0.3 is 15.0 Å². The predicted octanol–water partition coefficient (Wildman–Crippen LogP) is 2.64. The zero-order chi connectivity index (χ0) is 17.8. The van der Waals surface area contributed by atoms with Crippen molar-refractivity contribution in [1.82, 2.24) is 9.88 Å². The van der Waals surface area contributed by atoms with Crippen LogP contribution < -0.4 is 10.1 Å². The molecule has 2 amide bonds. The van der Waals surface area contributed by atoms with Gasteiger partial charge in [-0.25, -0.2) is 0 Å². The molecule has 25 heavy (non-hydrogen) atoms. The molecule has 1 aliphatic heterocycles. The maximum absolute atomic E-state index is 12.8. The summed E-state index contributed by atoms with van der Waals surface area (Å²) >= 11 is 0. The summed E-state index contributed by atoms with van der Waals surface area (Å²) in [6.07, 6.45) is 4.15. The monoisotopic (exact) mass is 339 g/mol. The van der Waals surface area contributed by atoms with E-state index in [2.05, 4.69) is 10.3 Å². The second-order valence-corrected chi connectivity index (χ2v) is 6.10. The van der Waals surface area contributed by atoms with Crippen LogP contribution in [0.1, 0.15) is 24.4 Å². The van der Waals surface area contributed by atoms with Gasteiger partial charge in [-0.05, 0) is 36.2 Å². The Hall–Kier alpha value is -2.89. The van der Waals surface area contributed by atoms with Gasteiger partial charge in [-0.3, -0.25) is 14.6 Å². The van der Waals surface area contributed by atoms with E-state index < -0.39 is 0 Å². The van der Waals surface area contributed by atoms with Crippen molar-refractivity contribution in [3.63, 3.8) is 0 Å². The summed E-state index contributed by atoms with van der Waals surface area (Å²) in [6.45, 7) is 0. The third kappa shape index (κ3) is 3.63. The molecule has 6 nitrogen and oxygen atoms in total. The van der Waals surface area contributed by atoms with Crippen molar-refractivity contribution in [2.45, 2.75) is 18.9 Å². The Kier molecular flexibility index (Phi) is 4.97. The van der Waals surface area contributed by atoms with Crippen LogP contribution in [0.3, 0.4) is 0 Å². The van der Waals surface area contributed by atoms with Crippen LogP contribution in [0.25, 0.3) is 0 Å². The molecule has 0 unspecified atom stereocenters. The number of nitrogens with zero attached hydrogens (tertiary/aromatic N) is 2. The third-order valence-corrected chi connectivity index (χ3v) is 4.58. The molecular formula is C19H21N3O3. The normalized spacial score (nSPS) is 20.2. The van der Waals surface area contributed by atoms with Gasteiger partial charge in [0.25, 0.3) is 0 Å². The molecule has 2 aromatic rings. The van der Waals surface area contributed by atoms with E-state index in [9.17, 15) is 9.59 Å². The first kappa shape index (κ1) is 17.0. The van der Waals surface area contributed by atoms with Crippen LogP contribution >= 0.6 is 0 Å². The average Bonchev–Trinajstić information content (AvgIpc) is 2.64. The van der Waals surface area contributed by atoms with Crippen molar-refractivity contribution in [2.75, 3.05) is 19.5 Å². The van der Waals surface area contributed by atoms with E-state index in [1.54, 1.807) is 43.6 Å². The van der Waals surface area contributed by atoms with E-state index in [0.717, 1.165) is 11.3 Å². The average molecular weight is 339 g/mol. The summed E-state index contributed by atoms with van der Waals surface area (Å²) in [5.41, 5.74) is 1.57. The number of benzene rings is 1. The number of nitrogens with one attached hydrogen (secondary N) is 1. The molecule has 130 valence electrons. The zero-order valence-corrected chi connectivity index (χ0v) is 14.3. The van der Waals surface area contributed by atoms with Gasteiger partial charge in [-0.15, -0.1) is 0 Å². The van der Waals surface area contributed by atoms with Crippen LogP contribution in [0.15, 0.2) is 48.8 Å². The van der Waals surface area contributed by atoms with E-state index in [1.165, 1.54) is 0 Å². The Balaban J connectivity index is 1.86. The van der Waals surface area contributed by atoms with E-state index in [1.807, 2.05) is 24.3 Å². The molecule has 1 saturated heterocycles. The fraction of sp³-hybridized carbons (Fsp3) is 0.316. The van der Waals surface area contributed by atoms with Gasteiger partial charge in [-0.2, -0.15) is 0 Å². The molecule has 1 aliphatic rings. The van der Waals surface area contributed by atoms with Gasteiger partial charge in [-0.1, -0.05) is 12.1 Å². The van der Waals surface area contributed by atoms with Gasteiger partial charge >= 0.3 is 0 Å². The number of hydrogen-bond acceptors (Lipinski definition) is 4. The van der Waals surface area contributed by atoms with E-state index in [0.29, 0.717) is 18.5 Å². The van der Waals surface area contributed by atoms with Crippen LogP contribution in [0, 0.1) is 5.92 Å². The Morgan fingerprint density at radius 2 is 2.04 bits per heavy atom. The number of carbonyl (C=O) groups is 2. The lowest BCUT2D eigenvalue weighted by Crippen LogP contribution is -2.44. The van der Waals surface area contributed by atoms with Gasteiger partial charge in [0.05, 0.1) is 31.0 Å². The molecule has 0 radical (unpaired) electrons. The molecule has 0 saturated carbocycles. The van der Waals surface area contributed by atoms with Crippen LogP contribution in [0.5, 0.6) is 5.75 Å². The fourth-order valence-electron chi connectivity index (χ4n) is 3.24. The number of amides is 2. The molecule has 0 aliphatic carbocycles. The third-order valence-electron chi connectivity index (χ3n) is 4.58. The molecule has 2 heterocycles. The lowest BCUT2D eigenvalue weighted by Gasteiger charge is -2.38. The molecule has 1 aromatic heterocycles. The standard InChI is InChI=1S/C19H21N3O3/c1-22-17(23)10-9-16(19(24)21-14-4-3-11-20-12-14)18(22)13-5-7-15(25-2)8-6-13/h3-8,11-12,16,18H,9-10H2,1-2H3,(H,21,24)/t16-,18+/m1/s1. The van der Waals surface area contributed by atoms with Crippen LogP contribution in [0.4, 0.5) is 5.69 Å². The van der Waals surface area contributed by atoms with Gasteiger partial charge in [0.2, 0.25) is 11.8 Å². The summed E-state index contributed by atoms with van der Waals surface area (Å²) in [6, 6.07) is 10.8. The van der Waals surface area contributed by atoms with Crippen molar-refractivity contribution < 1.29 is 14.3 Å². The summed E-state index contributed by atoms with van der Waals surface area (Å²) in [4.78, 5) is 30.7. The lowest BCUT2D eigenvalue weighted by molar-refractivity contribution is -0.140. The second-order valence-electron chi connectivity index (χ2n) is 6.10. The topological polar surface area (TPSA) is 71.5 Å². The van der Waals surface area contributed by atoms with Crippen molar-refractivity contribution in [3.05, 3.63) is 54.4 Å². The largest absolute Gasteiger partial charge is 0.497 e. The van der Waals surface area contributed by atoms with Crippen molar-refractivity contribution >= 4 is 17.5 Å². The molecule has 3 rings (SSSR count). The maximum Gasteiger partial charge on any atom is 0.229 e. The first-order valence-corrected chi connectivity index (χ1v) is 8.20. The zero-order valence-electron chi connectivity index (χ0n) is 14.3. The highest BCUT2D eigenvalue weighted by molar-refractivity contribution is 5.94. The number of aromatic nitrogens is 1. The molecule has 0 spiro atoms. The molecular weight excluding hydrogens is 318 g/mol. The first-order valence-electron chi connectivity index (χ1n) is 8.20. The van der Waals surface area contributed by atoms with Gasteiger partial charge in [0.1, 0.15) is 5.75 Å². The van der Waals surface area contributed by atoms with Gasteiger partial charge in [0, 0.05) is 19.7 Å². The smallest absolute Gasteiger partial charge is 0.229 e. The van der Waals surface area contributed by atoms with Crippen molar-refractivity contribution in [2.24, 2.45) is 5.92 Å². The molecule has 6 heteroatoms. The highest BCUT2D eigenvalue weighted by atomic mass is 16.5. The quantitative estimate of drug-likeness (QED) is 0.929. The summed E-state index contributed by atoms with van der Waals surface area (Å²) in [5.74, 6) is 0.362. The molecule has 1 fully saturated rings. The van der Waals surface area contributed by atoms with Crippen LogP contribution in [-0.4, -0.2) is 35.9 Å². The predicted molar refractivity (Wildman–Crippen MR) is 94.1 cm³/mol. The van der Waals surface area contributed by atoms with Crippen LogP contribution in [0.2, 0.25) is 0 Å². The van der Waals surface area contributed by atoms with E-state index in [4.69, 9.17) is 4.74 Å². The summed E-state index contributed by atoms with van der Waals surface area (Å²) in [7, 11) is 3.36. The Morgan fingerprint density at radius 3 is 2.68 bits per heavy atom. The summed E-state index contributed by atoms with van der Waals surface area (Å²) < 4.78 is 5.19. The van der Waals surface area contributed by atoms with E-state index in [-0.39, 0.29) is 23.8 Å². The molecule has 1 N–H and O–H groups in total. The number of ether oxygens (including phenoxy) is 1. The minimum atomic E-state index is -0.323. The number of anilines is 1. The number of piperidine rings is 1. The first-order chi connectivity index (χ1) is 12.1. The fourth-order valence-corrected chi connectivity index (χ4v) is 3.24. The molecule has 0 bridgehead atoms. The van der Waals surface area contributed by atoms with E-state index >= 15 is 0 Å². The highest BCUT2D eigenvalue weighted by Gasteiger charge is 2.38. The number of hydrogen-bond donors (Lipinski definition) is 1. The lowest BCUT2D eigenvalue weighted by atomic mass is 9.84. The minimum absolute atomic E-state index is 0.0474. The number of carbonyl (C=O) groups excluding carboxylic acids is 2. The Bertz CT molecular complexity index is 746. The highest BCUT2D eigenvalue weighted by Crippen LogP contribution is 2.37. The number of rotatable bonds is 4. The van der Waals surface area contributed by atoms with Gasteiger partial charge in [0.15, 0.2) is 0 Å². The minimum Gasteiger partial charge on any atom is -0.497 e. The SMILES string of the molecule is COc1ccc([C@H]2[C@H](C(=O)Nc3cccnc3)CCC(=O)N2C)cc1. The number of likely N-dealkylation sites (tertiary alicyclic amines) is 1. The number of methoxy groups -OCH3 is 1. The van der Waals surface area contributed by atoms with Crippen LogP contribution in [-0.2, 0) is 9.59 Å². The molecule has 2 atom stereocenters. The Labute approximate surface area is 146 Å². The van der Waals surface area contributed by atoms with Crippen molar-refractivity contribution in [1.29, 1.82) is 0 Å². The summed E-state index contributed by atoms with van der Waals surface area (Å²) in [5, 5.41) is 2.91. The second kappa shape index (κ2) is 7.34.